The lowest BCUT2D eigenvalue weighted by molar-refractivity contribution is -0.354. The van der Waals surface area contributed by atoms with E-state index in [1.807, 2.05) is 0 Å². The molecule has 5 fully saturated rings. The van der Waals surface area contributed by atoms with Crippen molar-refractivity contribution in [3.63, 3.8) is 0 Å². The number of hydrogen-bond acceptors (Lipinski definition) is 5. The van der Waals surface area contributed by atoms with Gasteiger partial charge in [0.25, 0.3) is 0 Å². The zero-order chi connectivity index (χ0) is 17.3. The summed E-state index contributed by atoms with van der Waals surface area (Å²) in [4.78, 5) is 11.5. The number of aliphatic hydroxyl groups excluding tert-OH is 1. The Hall–Kier alpha value is -0.690. The van der Waals surface area contributed by atoms with Gasteiger partial charge in [0.2, 0.25) is 0 Å². The maximum atomic E-state index is 11.5. The third kappa shape index (κ3) is 1.47. The number of carboxylic acid groups (broad SMARTS) is 1. The molecule has 2 aliphatic heterocycles. The third-order valence-corrected chi connectivity index (χ3v) is 7.89. The normalized spacial score (nSPS) is 62.5. The quantitative estimate of drug-likeness (QED) is 0.663. The molecule has 24 heavy (non-hydrogen) atoms. The molecule has 0 radical (unpaired) electrons. The number of carbonyl (C=O) groups is 1. The van der Waals surface area contributed by atoms with E-state index in [1.54, 1.807) is 0 Å². The van der Waals surface area contributed by atoms with E-state index in [0.29, 0.717) is 12.3 Å². The van der Waals surface area contributed by atoms with Crippen molar-refractivity contribution in [2.45, 2.75) is 76.2 Å². The first-order valence-electron chi connectivity index (χ1n) is 9.02. The minimum absolute atomic E-state index is 0.0718. The van der Waals surface area contributed by atoms with E-state index in [4.69, 9.17) is 9.47 Å². The van der Waals surface area contributed by atoms with Crippen LogP contribution in [0.25, 0.3) is 0 Å². The largest absolute Gasteiger partial charge is 0.479 e. The second-order valence-corrected chi connectivity index (χ2v) is 9.89. The summed E-state index contributed by atoms with van der Waals surface area (Å²) in [5.41, 5.74) is -1.11. The molecule has 0 aromatic carbocycles. The first-order valence-corrected chi connectivity index (χ1v) is 9.02. The van der Waals surface area contributed by atoms with Crippen LogP contribution in [-0.2, 0) is 14.3 Å². The number of aliphatic hydroxyl groups is 2. The molecule has 6 nitrogen and oxygen atoms in total. The van der Waals surface area contributed by atoms with Gasteiger partial charge in [-0.3, -0.25) is 0 Å². The van der Waals surface area contributed by atoms with E-state index in [9.17, 15) is 20.1 Å². The molecule has 1 spiro atoms. The molecule has 134 valence electrons. The summed E-state index contributed by atoms with van der Waals surface area (Å²) < 4.78 is 11.9. The van der Waals surface area contributed by atoms with Crippen LogP contribution in [0.15, 0.2) is 0 Å². The number of rotatable bonds is 1. The molecule has 3 saturated carbocycles. The molecule has 3 N–H and O–H groups in total. The Morgan fingerprint density at radius 2 is 1.88 bits per heavy atom. The Morgan fingerprint density at radius 3 is 2.54 bits per heavy atom. The second-order valence-electron chi connectivity index (χ2n) is 9.89. The second kappa shape index (κ2) is 4.00. The predicted octanol–water partition coefficient (Wildman–Crippen LogP) is 1.14. The standard InChI is InChI=1S/C18H26O6/c1-15(2)5-8-9(6-15)16(3)7-17(22)14(16)18(12(8)19)11(24-17)4-10(23-18)13(20)21/h8-12,14,19,22H,4-7H2,1-3H3,(H,20,21)/t8-,9+,10-,11-,12+,14+,16-,17-,18-/m1/s1. The summed E-state index contributed by atoms with van der Waals surface area (Å²) in [5.74, 6) is -2.26. The van der Waals surface area contributed by atoms with Gasteiger partial charge in [-0.2, -0.15) is 0 Å². The van der Waals surface area contributed by atoms with Crippen molar-refractivity contribution in [2.75, 3.05) is 0 Å². The van der Waals surface area contributed by atoms with Crippen LogP contribution in [0.2, 0.25) is 0 Å². The van der Waals surface area contributed by atoms with Crippen molar-refractivity contribution in [1.29, 1.82) is 0 Å². The monoisotopic (exact) mass is 338 g/mol. The fraction of sp³-hybridized carbons (Fsp3) is 0.944. The van der Waals surface area contributed by atoms with Crippen molar-refractivity contribution in [3.8, 4) is 0 Å². The highest BCUT2D eigenvalue weighted by molar-refractivity contribution is 5.73. The van der Waals surface area contributed by atoms with Crippen LogP contribution in [0.3, 0.4) is 0 Å². The summed E-state index contributed by atoms with van der Waals surface area (Å²) in [7, 11) is 0. The fourth-order valence-electron chi connectivity index (χ4n) is 7.43. The number of carboxylic acids is 1. The van der Waals surface area contributed by atoms with E-state index in [-0.39, 0.29) is 29.1 Å². The van der Waals surface area contributed by atoms with Crippen molar-refractivity contribution >= 4 is 5.97 Å². The molecule has 0 amide bonds. The van der Waals surface area contributed by atoms with Crippen LogP contribution in [0, 0.1) is 28.6 Å². The molecule has 6 heteroatoms. The summed E-state index contributed by atoms with van der Waals surface area (Å²) >= 11 is 0. The van der Waals surface area contributed by atoms with Gasteiger partial charge in [0.05, 0.1) is 18.1 Å². The SMILES string of the molecule is CC1(C)C[C@@H]2[C@H](C1)[C@@]1(C)C[C@@]3(O)O[C@@H]4C[C@H](C(=O)O)O[C@@]4([C@@H]13)[C@H]2O. The van der Waals surface area contributed by atoms with Crippen molar-refractivity contribution in [3.05, 3.63) is 0 Å². The van der Waals surface area contributed by atoms with Gasteiger partial charge in [-0.15, -0.1) is 0 Å². The molecular formula is C18H26O6. The Balaban J connectivity index is 1.63. The Bertz CT molecular complexity index is 633. The van der Waals surface area contributed by atoms with E-state index >= 15 is 0 Å². The molecule has 5 rings (SSSR count). The van der Waals surface area contributed by atoms with Crippen molar-refractivity contribution in [1.82, 2.24) is 0 Å². The highest BCUT2D eigenvalue weighted by Gasteiger charge is 2.86. The molecule has 5 aliphatic rings. The first-order chi connectivity index (χ1) is 11.0. The Kier molecular flexibility index (Phi) is 2.59. The van der Waals surface area contributed by atoms with Crippen LogP contribution in [0.1, 0.15) is 46.5 Å². The summed E-state index contributed by atoms with van der Waals surface area (Å²) in [5, 5.41) is 31.6. The molecule has 0 aromatic heterocycles. The number of hydrogen-bond donors (Lipinski definition) is 3. The van der Waals surface area contributed by atoms with E-state index in [2.05, 4.69) is 20.8 Å². The summed E-state index contributed by atoms with van der Waals surface area (Å²) in [6.45, 7) is 6.62. The van der Waals surface area contributed by atoms with E-state index in [1.165, 1.54) is 0 Å². The van der Waals surface area contributed by atoms with E-state index in [0.717, 1.165) is 12.8 Å². The van der Waals surface area contributed by atoms with Gasteiger partial charge in [0, 0.05) is 12.8 Å². The fourth-order valence-corrected chi connectivity index (χ4v) is 7.43. The van der Waals surface area contributed by atoms with Crippen LogP contribution in [0.5, 0.6) is 0 Å². The zero-order valence-electron chi connectivity index (χ0n) is 14.4. The predicted molar refractivity (Wildman–Crippen MR) is 81.9 cm³/mol. The lowest BCUT2D eigenvalue weighted by atomic mass is 9.41. The van der Waals surface area contributed by atoms with Gasteiger partial charge in [-0.05, 0) is 35.5 Å². The van der Waals surface area contributed by atoms with Gasteiger partial charge in [-0.1, -0.05) is 20.8 Å². The van der Waals surface area contributed by atoms with Gasteiger partial charge in [0.1, 0.15) is 5.60 Å². The maximum Gasteiger partial charge on any atom is 0.332 e. The smallest absolute Gasteiger partial charge is 0.332 e. The van der Waals surface area contributed by atoms with Crippen molar-refractivity contribution < 1.29 is 29.6 Å². The minimum Gasteiger partial charge on any atom is -0.479 e. The Morgan fingerprint density at radius 1 is 1.17 bits per heavy atom. The van der Waals surface area contributed by atoms with Gasteiger partial charge in [0.15, 0.2) is 11.9 Å². The van der Waals surface area contributed by atoms with Crippen LogP contribution in [0.4, 0.5) is 0 Å². The molecule has 2 heterocycles. The molecule has 9 atom stereocenters. The average molecular weight is 338 g/mol. The third-order valence-electron chi connectivity index (χ3n) is 7.89. The van der Waals surface area contributed by atoms with Gasteiger partial charge in [-0.25, -0.2) is 4.79 Å². The van der Waals surface area contributed by atoms with Crippen LogP contribution < -0.4 is 0 Å². The number of aliphatic carboxylic acids is 1. The van der Waals surface area contributed by atoms with Crippen LogP contribution in [-0.4, -0.2) is 51.0 Å². The molecule has 0 bridgehead atoms. The zero-order valence-corrected chi connectivity index (χ0v) is 14.4. The highest BCUT2D eigenvalue weighted by Crippen LogP contribution is 2.77. The Labute approximate surface area is 141 Å². The van der Waals surface area contributed by atoms with Crippen molar-refractivity contribution in [2.24, 2.45) is 28.6 Å². The molecule has 0 aromatic rings. The summed E-state index contributed by atoms with van der Waals surface area (Å²) in [6.07, 6.45) is 0.359. The van der Waals surface area contributed by atoms with Gasteiger partial charge < -0.3 is 24.8 Å². The topological polar surface area (TPSA) is 96.2 Å². The minimum atomic E-state index is -1.28. The first kappa shape index (κ1) is 15.6. The molecule has 3 aliphatic carbocycles. The lowest BCUT2D eigenvalue weighted by Gasteiger charge is -2.66. The average Bonchev–Trinajstić information content (AvgIpc) is 3.01. The van der Waals surface area contributed by atoms with E-state index < -0.39 is 35.7 Å². The lowest BCUT2D eigenvalue weighted by Crippen LogP contribution is -2.75. The molecule has 0 unspecified atom stereocenters. The highest BCUT2D eigenvalue weighted by atomic mass is 16.7. The number of fused-ring (bicyclic) bond motifs is 2. The maximum absolute atomic E-state index is 11.5. The molecule has 2 saturated heterocycles. The number of ether oxygens (including phenoxy) is 2. The van der Waals surface area contributed by atoms with Gasteiger partial charge >= 0.3 is 5.97 Å². The van der Waals surface area contributed by atoms with Crippen LogP contribution >= 0.6 is 0 Å². The molecular weight excluding hydrogens is 312 g/mol. The summed E-state index contributed by atoms with van der Waals surface area (Å²) in [6, 6.07) is 0.